The van der Waals surface area contributed by atoms with Crippen LogP contribution in [0.1, 0.15) is 32.1 Å². The molecule has 3 nitrogen and oxygen atoms in total. The highest BCUT2D eigenvalue weighted by Crippen LogP contribution is 2.27. The molecule has 1 fully saturated rings. The number of isocyanates is 1. The standard InChI is InChI=1S/C8H11NO2/c10-6-9-8(11)5-7-3-1-2-4-7/h7H,1-5H2. The van der Waals surface area contributed by atoms with Crippen LogP contribution in [0.5, 0.6) is 0 Å². The fraction of sp³-hybridized carbons (Fsp3) is 0.750. The summed E-state index contributed by atoms with van der Waals surface area (Å²) < 4.78 is 0. The van der Waals surface area contributed by atoms with Gasteiger partial charge < -0.3 is 0 Å². The van der Waals surface area contributed by atoms with Gasteiger partial charge in [-0.3, -0.25) is 4.79 Å². The number of aliphatic imine (C=N–C) groups is 1. The molecule has 0 aromatic carbocycles. The molecule has 60 valence electrons. The zero-order valence-corrected chi connectivity index (χ0v) is 6.38. The molecule has 0 spiro atoms. The second-order valence-corrected chi connectivity index (χ2v) is 2.95. The first-order chi connectivity index (χ1) is 5.33. The largest absolute Gasteiger partial charge is 0.272 e. The van der Waals surface area contributed by atoms with Crippen molar-refractivity contribution < 1.29 is 9.59 Å². The smallest absolute Gasteiger partial charge is 0.256 e. The Morgan fingerprint density at radius 3 is 2.64 bits per heavy atom. The van der Waals surface area contributed by atoms with Gasteiger partial charge in [0.1, 0.15) is 0 Å². The van der Waals surface area contributed by atoms with E-state index in [0.29, 0.717) is 12.3 Å². The first-order valence-electron chi connectivity index (χ1n) is 3.93. The van der Waals surface area contributed by atoms with Crippen LogP contribution < -0.4 is 0 Å². The van der Waals surface area contributed by atoms with E-state index in [1.165, 1.54) is 18.9 Å². The van der Waals surface area contributed by atoms with E-state index in [9.17, 15) is 9.59 Å². The highest BCUT2D eigenvalue weighted by atomic mass is 16.2. The Hall–Kier alpha value is -0.950. The van der Waals surface area contributed by atoms with Crippen molar-refractivity contribution in [2.75, 3.05) is 0 Å². The summed E-state index contributed by atoms with van der Waals surface area (Å²) in [5.41, 5.74) is 0. The van der Waals surface area contributed by atoms with Crippen LogP contribution in [0, 0.1) is 5.92 Å². The summed E-state index contributed by atoms with van der Waals surface area (Å²) in [5.74, 6) is 0.159. The average Bonchev–Trinajstić information content (AvgIpc) is 2.40. The maximum absolute atomic E-state index is 10.8. The van der Waals surface area contributed by atoms with Crippen molar-refractivity contribution in [2.24, 2.45) is 10.9 Å². The van der Waals surface area contributed by atoms with Gasteiger partial charge in [0.2, 0.25) is 6.08 Å². The topological polar surface area (TPSA) is 46.5 Å². The molecule has 0 atom stereocenters. The Balaban J connectivity index is 2.29. The van der Waals surface area contributed by atoms with E-state index in [-0.39, 0.29) is 5.91 Å². The molecule has 0 heterocycles. The number of carbonyl (C=O) groups excluding carboxylic acids is 2. The molecule has 0 aromatic rings. The van der Waals surface area contributed by atoms with Crippen molar-refractivity contribution in [2.45, 2.75) is 32.1 Å². The summed E-state index contributed by atoms with van der Waals surface area (Å²) in [6.45, 7) is 0. The molecule has 0 unspecified atom stereocenters. The minimum absolute atomic E-state index is 0.313. The summed E-state index contributed by atoms with van der Waals surface area (Å²) in [5, 5.41) is 0. The van der Waals surface area contributed by atoms with Crippen LogP contribution in [-0.4, -0.2) is 12.0 Å². The molecule has 1 rings (SSSR count). The lowest BCUT2D eigenvalue weighted by Gasteiger charge is -2.02. The fourth-order valence-corrected chi connectivity index (χ4v) is 1.56. The van der Waals surface area contributed by atoms with E-state index in [1.807, 2.05) is 0 Å². The third-order valence-corrected chi connectivity index (χ3v) is 2.11. The Morgan fingerprint density at radius 2 is 2.09 bits per heavy atom. The molecular weight excluding hydrogens is 142 g/mol. The van der Waals surface area contributed by atoms with Crippen LogP contribution in [0.3, 0.4) is 0 Å². The van der Waals surface area contributed by atoms with Crippen LogP contribution in [0.25, 0.3) is 0 Å². The summed E-state index contributed by atoms with van der Waals surface area (Å²) in [4.78, 5) is 23.5. The first kappa shape index (κ1) is 8.15. The van der Waals surface area contributed by atoms with Gasteiger partial charge in [-0.25, -0.2) is 4.79 Å². The number of nitrogens with zero attached hydrogens (tertiary/aromatic N) is 1. The van der Waals surface area contributed by atoms with Crippen LogP contribution in [0.2, 0.25) is 0 Å². The molecule has 1 saturated carbocycles. The third kappa shape index (κ3) is 2.64. The zero-order chi connectivity index (χ0) is 8.10. The Kier molecular flexibility index (Phi) is 2.99. The molecule has 0 bridgehead atoms. The quantitative estimate of drug-likeness (QED) is 0.445. The van der Waals surface area contributed by atoms with Gasteiger partial charge in [0, 0.05) is 6.42 Å². The number of amides is 1. The van der Waals surface area contributed by atoms with Crippen LogP contribution in [0.15, 0.2) is 4.99 Å². The predicted molar refractivity (Wildman–Crippen MR) is 39.7 cm³/mol. The SMILES string of the molecule is O=C=NC(=O)CC1CCCC1. The predicted octanol–water partition coefficient (Wildman–Crippen LogP) is 1.43. The number of hydrogen-bond donors (Lipinski definition) is 0. The highest BCUT2D eigenvalue weighted by molar-refractivity contribution is 5.81. The first-order valence-corrected chi connectivity index (χ1v) is 3.93. The molecule has 1 amide bonds. The molecule has 0 N–H and O–H groups in total. The van der Waals surface area contributed by atoms with Crippen molar-refractivity contribution in [3.8, 4) is 0 Å². The molecule has 1 aliphatic rings. The number of rotatable bonds is 2. The van der Waals surface area contributed by atoms with Gasteiger partial charge in [-0.15, -0.1) is 4.99 Å². The maximum Gasteiger partial charge on any atom is 0.256 e. The van der Waals surface area contributed by atoms with Gasteiger partial charge in [0.05, 0.1) is 0 Å². The van der Waals surface area contributed by atoms with Crippen LogP contribution in [0.4, 0.5) is 0 Å². The molecule has 11 heavy (non-hydrogen) atoms. The van der Waals surface area contributed by atoms with Gasteiger partial charge in [0.25, 0.3) is 5.91 Å². The van der Waals surface area contributed by atoms with Gasteiger partial charge in [-0.05, 0) is 18.8 Å². The molecule has 0 aromatic heterocycles. The van der Waals surface area contributed by atoms with E-state index in [2.05, 4.69) is 4.99 Å². The van der Waals surface area contributed by atoms with Crippen molar-refractivity contribution in [1.82, 2.24) is 0 Å². The van der Waals surface area contributed by atoms with E-state index in [0.717, 1.165) is 12.8 Å². The van der Waals surface area contributed by atoms with Gasteiger partial charge >= 0.3 is 0 Å². The zero-order valence-electron chi connectivity index (χ0n) is 6.38. The second kappa shape index (κ2) is 4.04. The van der Waals surface area contributed by atoms with Crippen molar-refractivity contribution in [3.05, 3.63) is 0 Å². The van der Waals surface area contributed by atoms with Gasteiger partial charge in [-0.2, -0.15) is 0 Å². The third-order valence-electron chi connectivity index (χ3n) is 2.11. The van der Waals surface area contributed by atoms with Gasteiger partial charge in [-0.1, -0.05) is 12.8 Å². The van der Waals surface area contributed by atoms with Crippen molar-refractivity contribution in [3.63, 3.8) is 0 Å². The lowest BCUT2D eigenvalue weighted by Crippen LogP contribution is -2.01. The second-order valence-electron chi connectivity index (χ2n) is 2.95. The fourth-order valence-electron chi connectivity index (χ4n) is 1.56. The lowest BCUT2D eigenvalue weighted by molar-refractivity contribution is -0.118. The highest BCUT2D eigenvalue weighted by Gasteiger charge is 2.17. The Morgan fingerprint density at radius 1 is 1.45 bits per heavy atom. The van der Waals surface area contributed by atoms with Crippen molar-refractivity contribution in [1.29, 1.82) is 0 Å². The average molecular weight is 153 g/mol. The summed E-state index contributed by atoms with van der Waals surface area (Å²) >= 11 is 0. The summed E-state index contributed by atoms with van der Waals surface area (Å²) in [7, 11) is 0. The number of hydrogen-bond acceptors (Lipinski definition) is 2. The molecule has 0 aliphatic heterocycles. The minimum atomic E-state index is -0.313. The van der Waals surface area contributed by atoms with Crippen LogP contribution >= 0.6 is 0 Å². The Labute approximate surface area is 65.5 Å². The maximum atomic E-state index is 10.8. The molecule has 0 saturated heterocycles. The number of carbonyl (C=O) groups is 1. The normalized spacial score (nSPS) is 17.8. The van der Waals surface area contributed by atoms with Crippen molar-refractivity contribution >= 4 is 12.0 Å². The van der Waals surface area contributed by atoms with E-state index < -0.39 is 0 Å². The van der Waals surface area contributed by atoms with E-state index >= 15 is 0 Å². The van der Waals surface area contributed by atoms with E-state index in [1.54, 1.807) is 0 Å². The van der Waals surface area contributed by atoms with E-state index in [4.69, 9.17) is 0 Å². The summed E-state index contributed by atoms with van der Waals surface area (Å²) in [6.07, 6.45) is 6.35. The van der Waals surface area contributed by atoms with Crippen LogP contribution in [-0.2, 0) is 9.59 Å². The van der Waals surface area contributed by atoms with Gasteiger partial charge in [0.15, 0.2) is 0 Å². The molecule has 3 heteroatoms. The molecule has 1 aliphatic carbocycles. The monoisotopic (exact) mass is 153 g/mol. The lowest BCUT2D eigenvalue weighted by atomic mass is 10.0. The molecule has 0 radical (unpaired) electrons. The Bertz CT molecular complexity index is 188. The minimum Gasteiger partial charge on any atom is -0.272 e. The summed E-state index contributed by atoms with van der Waals surface area (Å²) in [6, 6.07) is 0. The molecular formula is C8H11NO2.